The van der Waals surface area contributed by atoms with E-state index in [-0.39, 0.29) is 0 Å². The Morgan fingerprint density at radius 2 is 1.39 bits per heavy atom. The summed E-state index contributed by atoms with van der Waals surface area (Å²) in [7, 11) is -2.06. The Bertz CT molecular complexity index is 181. The molecule has 0 saturated heterocycles. The molecule has 0 bridgehead atoms. The predicted octanol–water partition coefficient (Wildman–Crippen LogP) is 5.18. The van der Waals surface area contributed by atoms with Crippen molar-refractivity contribution in [3.8, 4) is 0 Å². The molecule has 0 fully saturated rings. The monoisotopic (exact) mass is 338 g/mol. The van der Waals surface area contributed by atoms with Crippen LogP contribution in [0.25, 0.3) is 0 Å². The fourth-order valence-electron chi connectivity index (χ4n) is 1.96. The van der Waals surface area contributed by atoms with Gasteiger partial charge in [0.1, 0.15) is 0 Å². The smallest absolute Gasteiger partial charge is 0.352 e. The van der Waals surface area contributed by atoms with Crippen molar-refractivity contribution in [2.75, 3.05) is 13.2 Å². The third-order valence-corrected chi connectivity index (χ3v) is 9.81. The minimum atomic E-state index is -2.06. The Hall–Kier alpha value is 0.617. The van der Waals surface area contributed by atoms with E-state index in [1.54, 1.807) is 0 Å². The molecule has 110 valence electrons. The molecule has 1 unspecified atom stereocenters. The van der Waals surface area contributed by atoms with E-state index in [2.05, 4.69) is 43.6 Å². The number of hydrogen-bond donors (Lipinski definition) is 0. The summed E-state index contributed by atoms with van der Waals surface area (Å²) in [5.41, 5.74) is 0. The molecule has 0 aliphatic carbocycles. The van der Waals surface area contributed by atoms with E-state index < -0.39 is 8.56 Å². The average molecular weight is 339 g/mol. The van der Waals surface area contributed by atoms with Gasteiger partial charge in [0.05, 0.1) is 4.45 Å². The van der Waals surface area contributed by atoms with Crippen LogP contribution in [0, 0.1) is 0 Å². The van der Waals surface area contributed by atoms with Crippen LogP contribution in [0.3, 0.4) is 0 Å². The number of alkyl halides is 1. The first kappa shape index (κ1) is 18.6. The van der Waals surface area contributed by atoms with Crippen LogP contribution in [0.2, 0.25) is 6.04 Å². The Morgan fingerprint density at radius 3 is 1.72 bits per heavy atom. The predicted molar refractivity (Wildman–Crippen MR) is 85.6 cm³/mol. The van der Waals surface area contributed by atoms with E-state index in [1.165, 1.54) is 12.8 Å². The van der Waals surface area contributed by atoms with E-state index >= 15 is 0 Å². The van der Waals surface area contributed by atoms with Crippen LogP contribution in [0.4, 0.5) is 0 Å². The van der Waals surface area contributed by atoms with Crippen LogP contribution in [0.1, 0.15) is 66.2 Å². The summed E-state index contributed by atoms with van der Waals surface area (Å²) in [6, 6.07) is 1.10. The van der Waals surface area contributed by atoms with E-state index in [1.807, 2.05) is 0 Å². The molecular weight excluding hydrogens is 308 g/mol. The van der Waals surface area contributed by atoms with Gasteiger partial charge in [-0.05, 0) is 25.3 Å². The standard InChI is InChI=1S/C14H31BrO2Si/c1-5-9-11-16-18(13-7-3,14(15)8-4)17-12-10-6-2/h14H,5-13H2,1-4H3. The van der Waals surface area contributed by atoms with Crippen molar-refractivity contribution in [3.05, 3.63) is 0 Å². The number of rotatable bonds is 12. The van der Waals surface area contributed by atoms with Gasteiger partial charge in [-0.15, -0.1) is 0 Å². The zero-order valence-electron chi connectivity index (χ0n) is 12.6. The van der Waals surface area contributed by atoms with Gasteiger partial charge in [-0.1, -0.05) is 62.9 Å². The van der Waals surface area contributed by atoms with Crippen molar-refractivity contribution in [2.24, 2.45) is 0 Å². The Kier molecular flexibility index (Phi) is 11.8. The summed E-state index contributed by atoms with van der Waals surface area (Å²) >= 11 is 3.82. The summed E-state index contributed by atoms with van der Waals surface area (Å²) < 4.78 is 13.0. The number of hydrogen-bond acceptors (Lipinski definition) is 2. The molecule has 0 radical (unpaired) electrons. The van der Waals surface area contributed by atoms with Crippen molar-refractivity contribution >= 4 is 24.5 Å². The second kappa shape index (κ2) is 11.4. The molecule has 18 heavy (non-hydrogen) atoms. The summed E-state index contributed by atoms with van der Waals surface area (Å²) in [5, 5.41) is 0. The molecule has 0 saturated carbocycles. The lowest BCUT2D eigenvalue weighted by molar-refractivity contribution is 0.161. The third-order valence-electron chi connectivity index (χ3n) is 3.12. The first-order valence-electron chi connectivity index (χ1n) is 7.58. The maximum absolute atomic E-state index is 6.28. The highest BCUT2D eigenvalue weighted by Crippen LogP contribution is 2.28. The highest BCUT2D eigenvalue weighted by molar-refractivity contribution is 9.10. The first-order valence-corrected chi connectivity index (χ1v) is 10.6. The molecule has 0 rings (SSSR count). The van der Waals surface area contributed by atoms with Gasteiger partial charge in [0.15, 0.2) is 0 Å². The van der Waals surface area contributed by atoms with Crippen molar-refractivity contribution in [1.29, 1.82) is 0 Å². The van der Waals surface area contributed by atoms with E-state index in [0.717, 1.165) is 44.9 Å². The van der Waals surface area contributed by atoms with Gasteiger partial charge in [0.2, 0.25) is 0 Å². The van der Waals surface area contributed by atoms with Gasteiger partial charge in [-0.25, -0.2) is 0 Å². The van der Waals surface area contributed by atoms with Crippen molar-refractivity contribution in [1.82, 2.24) is 0 Å². The number of halogens is 1. The van der Waals surface area contributed by atoms with Crippen LogP contribution in [0.5, 0.6) is 0 Å². The average Bonchev–Trinajstić information content (AvgIpc) is 2.38. The lowest BCUT2D eigenvalue weighted by Crippen LogP contribution is -2.51. The van der Waals surface area contributed by atoms with Crippen LogP contribution in [0.15, 0.2) is 0 Å². The minimum Gasteiger partial charge on any atom is -0.394 e. The summed E-state index contributed by atoms with van der Waals surface area (Å²) in [4.78, 5) is 0. The largest absolute Gasteiger partial charge is 0.394 e. The van der Waals surface area contributed by atoms with Crippen LogP contribution in [-0.2, 0) is 8.85 Å². The van der Waals surface area contributed by atoms with Crippen LogP contribution >= 0.6 is 15.9 Å². The van der Waals surface area contributed by atoms with Crippen molar-refractivity contribution < 1.29 is 8.85 Å². The quantitative estimate of drug-likeness (QED) is 0.277. The molecule has 0 aromatic rings. The molecule has 0 heterocycles. The van der Waals surface area contributed by atoms with Gasteiger partial charge >= 0.3 is 8.56 Å². The summed E-state index contributed by atoms with van der Waals surface area (Å²) in [5.74, 6) is 0. The van der Waals surface area contributed by atoms with E-state index in [0.29, 0.717) is 4.45 Å². The zero-order chi connectivity index (χ0) is 13.9. The molecule has 4 heteroatoms. The van der Waals surface area contributed by atoms with Gasteiger partial charge in [0, 0.05) is 13.2 Å². The molecule has 0 aromatic carbocycles. The third kappa shape index (κ3) is 6.69. The fourth-order valence-corrected chi connectivity index (χ4v) is 6.79. The second-order valence-electron chi connectivity index (χ2n) is 4.84. The molecule has 0 aromatic heterocycles. The van der Waals surface area contributed by atoms with Gasteiger partial charge in [0.25, 0.3) is 0 Å². The molecule has 0 N–H and O–H groups in total. The van der Waals surface area contributed by atoms with Gasteiger partial charge in [-0.2, -0.15) is 0 Å². The van der Waals surface area contributed by atoms with Crippen LogP contribution < -0.4 is 0 Å². The first-order chi connectivity index (χ1) is 8.66. The lowest BCUT2D eigenvalue weighted by Gasteiger charge is -2.34. The fraction of sp³-hybridized carbons (Fsp3) is 1.00. The van der Waals surface area contributed by atoms with E-state index in [9.17, 15) is 0 Å². The molecule has 2 nitrogen and oxygen atoms in total. The highest BCUT2D eigenvalue weighted by Gasteiger charge is 2.43. The molecule has 0 aliphatic heterocycles. The summed E-state index contributed by atoms with van der Waals surface area (Å²) in [6.45, 7) is 10.6. The maximum Gasteiger partial charge on any atom is 0.352 e. The zero-order valence-corrected chi connectivity index (χ0v) is 15.2. The molecule has 0 amide bonds. The Balaban J connectivity index is 4.55. The molecular formula is C14H31BrO2Si. The molecule has 1 atom stereocenters. The topological polar surface area (TPSA) is 18.5 Å². The molecule has 0 aliphatic rings. The van der Waals surface area contributed by atoms with Crippen molar-refractivity contribution in [3.63, 3.8) is 0 Å². The number of unbranched alkanes of at least 4 members (excludes halogenated alkanes) is 2. The summed E-state index contributed by atoms with van der Waals surface area (Å²) in [6.07, 6.45) is 6.88. The van der Waals surface area contributed by atoms with Gasteiger partial charge < -0.3 is 8.85 Å². The highest BCUT2D eigenvalue weighted by atomic mass is 79.9. The van der Waals surface area contributed by atoms with Crippen LogP contribution in [-0.4, -0.2) is 26.2 Å². The normalized spacial score (nSPS) is 13.8. The SMILES string of the molecule is CCCCO[Si](CCC)(OCCCC)C(Br)CC. The maximum atomic E-state index is 6.28. The van der Waals surface area contributed by atoms with E-state index in [4.69, 9.17) is 8.85 Å². The van der Waals surface area contributed by atoms with Gasteiger partial charge in [-0.3, -0.25) is 0 Å². The second-order valence-corrected chi connectivity index (χ2v) is 10.2. The minimum absolute atomic E-state index is 0.415. The molecule has 0 spiro atoms. The Morgan fingerprint density at radius 1 is 0.889 bits per heavy atom. The van der Waals surface area contributed by atoms with Crippen molar-refractivity contribution in [2.45, 2.75) is 76.7 Å². The lowest BCUT2D eigenvalue weighted by atomic mass is 10.4. The Labute approximate surface area is 123 Å².